The molecule has 0 radical (unpaired) electrons. The van der Waals surface area contributed by atoms with Gasteiger partial charge in [-0.15, -0.1) is 0 Å². The van der Waals surface area contributed by atoms with Gasteiger partial charge in [0.25, 0.3) is 0 Å². The second-order valence-corrected chi connectivity index (χ2v) is 7.26. The molecule has 0 aromatic rings. The number of hydrogen-bond donors (Lipinski definition) is 0. The van der Waals surface area contributed by atoms with Gasteiger partial charge in [0.1, 0.15) is 0 Å². The van der Waals surface area contributed by atoms with Crippen molar-refractivity contribution in [2.24, 2.45) is 0 Å². The Hall–Kier alpha value is -1.57. The molecule has 2 heteroatoms. The number of esters is 1. The summed E-state index contributed by atoms with van der Waals surface area (Å²) < 4.78 is 5.33. The Morgan fingerprint density at radius 2 is 1.07 bits per heavy atom. The van der Waals surface area contributed by atoms with Gasteiger partial charge >= 0.3 is 5.97 Å². The first kappa shape index (κ1) is 26.4. The van der Waals surface area contributed by atoms with Crippen LogP contribution in [0.1, 0.15) is 104 Å². The van der Waals surface area contributed by atoms with E-state index in [2.05, 4.69) is 62.5 Å². The van der Waals surface area contributed by atoms with Crippen molar-refractivity contribution < 1.29 is 9.53 Å². The second-order valence-electron chi connectivity index (χ2n) is 7.26. The van der Waals surface area contributed by atoms with Crippen molar-refractivity contribution >= 4 is 5.97 Å². The maximum absolute atomic E-state index is 11.7. The standard InChI is InChI=1S/C26H44O2/c1-3-5-7-9-11-13-15-16-18-20-22-24-26(27)28-25-23-21-19-17-14-12-10-8-6-4-2/h5-12H,3-4,13-25H2,1-2H3. The summed E-state index contributed by atoms with van der Waals surface area (Å²) in [4.78, 5) is 11.7. The van der Waals surface area contributed by atoms with Crippen molar-refractivity contribution in [2.45, 2.75) is 104 Å². The fraction of sp³-hybridized carbons (Fsp3) is 0.654. The van der Waals surface area contributed by atoms with Gasteiger partial charge < -0.3 is 4.74 Å². The first-order valence-corrected chi connectivity index (χ1v) is 11.6. The molecule has 0 spiro atoms. The molecule has 0 aliphatic carbocycles. The van der Waals surface area contributed by atoms with Gasteiger partial charge in [0.2, 0.25) is 0 Å². The van der Waals surface area contributed by atoms with Crippen molar-refractivity contribution in [1.82, 2.24) is 0 Å². The Balaban J connectivity index is 3.29. The molecular weight excluding hydrogens is 344 g/mol. The lowest BCUT2D eigenvalue weighted by atomic mass is 10.1. The van der Waals surface area contributed by atoms with Gasteiger partial charge in [-0.25, -0.2) is 0 Å². The van der Waals surface area contributed by atoms with Crippen LogP contribution in [0.5, 0.6) is 0 Å². The van der Waals surface area contributed by atoms with Crippen molar-refractivity contribution in [3.63, 3.8) is 0 Å². The molecule has 0 unspecified atom stereocenters. The summed E-state index contributed by atoms with van der Waals surface area (Å²) in [5.41, 5.74) is 0. The molecule has 0 N–H and O–H groups in total. The minimum absolute atomic E-state index is 0.0173. The molecular formula is C26H44O2. The van der Waals surface area contributed by atoms with E-state index in [1.54, 1.807) is 0 Å². The van der Waals surface area contributed by atoms with Crippen molar-refractivity contribution in [3.05, 3.63) is 48.6 Å². The van der Waals surface area contributed by atoms with Crippen molar-refractivity contribution in [3.8, 4) is 0 Å². The quantitative estimate of drug-likeness (QED) is 0.126. The van der Waals surface area contributed by atoms with E-state index in [0.29, 0.717) is 13.0 Å². The zero-order chi connectivity index (χ0) is 20.5. The predicted molar refractivity (Wildman–Crippen MR) is 124 cm³/mol. The van der Waals surface area contributed by atoms with Crippen LogP contribution in [-0.2, 0) is 9.53 Å². The van der Waals surface area contributed by atoms with Crippen LogP contribution in [0.2, 0.25) is 0 Å². The SMILES string of the molecule is CCC=CC=CCCCCCCCC(=O)OCCCCCCC=CC=CCC. The van der Waals surface area contributed by atoms with E-state index in [-0.39, 0.29) is 5.97 Å². The summed E-state index contributed by atoms with van der Waals surface area (Å²) in [7, 11) is 0. The number of allylic oxidation sites excluding steroid dienone is 8. The van der Waals surface area contributed by atoms with Gasteiger partial charge in [-0.3, -0.25) is 4.79 Å². The highest BCUT2D eigenvalue weighted by atomic mass is 16.5. The summed E-state index contributed by atoms with van der Waals surface area (Å²) >= 11 is 0. The van der Waals surface area contributed by atoms with Crippen LogP contribution < -0.4 is 0 Å². The van der Waals surface area contributed by atoms with E-state index in [1.807, 2.05) is 0 Å². The molecule has 0 heterocycles. The lowest BCUT2D eigenvalue weighted by Gasteiger charge is -2.05. The number of rotatable bonds is 19. The van der Waals surface area contributed by atoms with E-state index < -0.39 is 0 Å². The van der Waals surface area contributed by atoms with Crippen LogP contribution >= 0.6 is 0 Å². The zero-order valence-electron chi connectivity index (χ0n) is 18.5. The zero-order valence-corrected chi connectivity index (χ0v) is 18.5. The molecule has 0 bridgehead atoms. The summed E-state index contributed by atoms with van der Waals surface area (Å²) in [5, 5.41) is 0. The minimum Gasteiger partial charge on any atom is -0.466 e. The normalized spacial score (nSPS) is 12.2. The highest BCUT2D eigenvalue weighted by molar-refractivity contribution is 5.69. The molecule has 2 nitrogen and oxygen atoms in total. The minimum atomic E-state index is -0.0173. The molecule has 0 amide bonds. The third kappa shape index (κ3) is 22.5. The van der Waals surface area contributed by atoms with Crippen LogP contribution in [0.3, 0.4) is 0 Å². The number of unbranched alkanes of at least 4 members (excludes halogenated alkanes) is 9. The molecule has 0 aromatic heterocycles. The van der Waals surface area contributed by atoms with Crippen LogP contribution in [0.15, 0.2) is 48.6 Å². The Morgan fingerprint density at radius 1 is 0.607 bits per heavy atom. The van der Waals surface area contributed by atoms with Crippen LogP contribution in [0.25, 0.3) is 0 Å². The lowest BCUT2D eigenvalue weighted by Crippen LogP contribution is -2.05. The molecule has 160 valence electrons. The Labute approximate surface area is 174 Å². The summed E-state index contributed by atoms with van der Waals surface area (Å²) in [5.74, 6) is -0.0173. The Bertz CT molecular complexity index is 403. The molecule has 0 aliphatic heterocycles. The summed E-state index contributed by atoms with van der Waals surface area (Å²) in [6.45, 7) is 4.88. The third-order valence-electron chi connectivity index (χ3n) is 4.52. The van der Waals surface area contributed by atoms with E-state index in [0.717, 1.165) is 51.4 Å². The molecule has 28 heavy (non-hydrogen) atoms. The molecule has 0 saturated carbocycles. The maximum atomic E-state index is 11.7. The van der Waals surface area contributed by atoms with E-state index in [1.165, 1.54) is 32.1 Å². The van der Waals surface area contributed by atoms with Gasteiger partial charge in [-0.2, -0.15) is 0 Å². The maximum Gasteiger partial charge on any atom is 0.305 e. The van der Waals surface area contributed by atoms with Crippen LogP contribution in [0, 0.1) is 0 Å². The van der Waals surface area contributed by atoms with Crippen LogP contribution in [0.4, 0.5) is 0 Å². The van der Waals surface area contributed by atoms with Crippen molar-refractivity contribution in [1.29, 1.82) is 0 Å². The average Bonchev–Trinajstić information content (AvgIpc) is 2.70. The monoisotopic (exact) mass is 388 g/mol. The van der Waals surface area contributed by atoms with Gasteiger partial charge in [0.15, 0.2) is 0 Å². The van der Waals surface area contributed by atoms with Gasteiger partial charge in [0.05, 0.1) is 6.61 Å². The highest BCUT2D eigenvalue weighted by Gasteiger charge is 2.02. The Kier molecular flexibility index (Phi) is 22.2. The molecule has 0 atom stereocenters. The molecule has 0 saturated heterocycles. The van der Waals surface area contributed by atoms with Gasteiger partial charge in [-0.1, -0.05) is 94.6 Å². The summed E-state index contributed by atoms with van der Waals surface area (Å²) in [6.07, 6.45) is 32.8. The van der Waals surface area contributed by atoms with Crippen LogP contribution in [-0.4, -0.2) is 12.6 Å². The average molecular weight is 389 g/mol. The molecule has 0 rings (SSSR count). The number of carbonyl (C=O) groups excluding carboxylic acids is 1. The second kappa shape index (κ2) is 23.5. The molecule has 0 aromatic carbocycles. The lowest BCUT2D eigenvalue weighted by molar-refractivity contribution is -0.143. The van der Waals surface area contributed by atoms with Gasteiger partial charge in [0, 0.05) is 6.42 Å². The predicted octanol–water partition coefficient (Wildman–Crippen LogP) is 8.26. The smallest absolute Gasteiger partial charge is 0.305 e. The first-order chi connectivity index (χ1) is 13.8. The number of hydrogen-bond acceptors (Lipinski definition) is 2. The molecule has 0 fully saturated rings. The molecule has 0 aliphatic rings. The first-order valence-electron chi connectivity index (χ1n) is 11.6. The van der Waals surface area contributed by atoms with Gasteiger partial charge in [-0.05, 0) is 51.4 Å². The van der Waals surface area contributed by atoms with E-state index in [9.17, 15) is 4.79 Å². The summed E-state index contributed by atoms with van der Waals surface area (Å²) in [6, 6.07) is 0. The highest BCUT2D eigenvalue weighted by Crippen LogP contribution is 2.09. The number of carbonyl (C=O) groups is 1. The topological polar surface area (TPSA) is 26.3 Å². The fourth-order valence-corrected chi connectivity index (χ4v) is 2.82. The third-order valence-corrected chi connectivity index (χ3v) is 4.52. The Morgan fingerprint density at radius 3 is 1.64 bits per heavy atom. The largest absolute Gasteiger partial charge is 0.466 e. The number of ether oxygens (including phenoxy) is 1. The van der Waals surface area contributed by atoms with E-state index >= 15 is 0 Å². The van der Waals surface area contributed by atoms with E-state index in [4.69, 9.17) is 4.74 Å². The fourth-order valence-electron chi connectivity index (χ4n) is 2.82. The van der Waals surface area contributed by atoms with Crippen molar-refractivity contribution in [2.75, 3.05) is 6.61 Å².